The molecular weight excluding hydrogens is 670 g/mol. The fraction of sp³-hybridized carbons (Fsp3) is 0.0476. The highest BCUT2D eigenvalue weighted by Crippen LogP contribution is 2.49. The first-order valence-electron chi connectivity index (χ1n) is 16.8. The number of nitrogens with zero attached hydrogens (tertiary/aromatic N) is 7. The summed E-state index contributed by atoms with van der Waals surface area (Å²) in [4.78, 5) is 18.7. The Morgan fingerprint density at radius 2 is 1.47 bits per heavy atom. The largest absolute Gasteiger partial charge is 0.287 e. The number of imidazole rings is 1. The highest BCUT2D eigenvalue weighted by Gasteiger charge is 2.35. The van der Waals surface area contributed by atoms with Gasteiger partial charge in [0.2, 0.25) is 0 Å². The number of aryl methyl sites for hydroxylation is 1. The van der Waals surface area contributed by atoms with Crippen LogP contribution in [0.3, 0.4) is 0 Å². The lowest BCUT2D eigenvalue weighted by Gasteiger charge is -2.24. The molecule has 5 heterocycles. The number of hydrogen-bond donors (Lipinski definition) is 0. The lowest BCUT2D eigenvalue weighted by atomic mass is 10.2. The molecule has 51 heavy (non-hydrogen) atoms. The number of thiazole rings is 1. The zero-order valence-corrected chi connectivity index (χ0v) is 29.2. The summed E-state index contributed by atoms with van der Waals surface area (Å²) in [7, 11) is 0. The van der Waals surface area contributed by atoms with E-state index >= 15 is 0 Å². The van der Waals surface area contributed by atoms with Gasteiger partial charge in [-0.1, -0.05) is 60.1 Å². The standard InChI is InChI=1S/C42H31ClN7S/c1-2-47-35-27-29(42-46-32-15-6-7-16-37(32)51-42)21-23-33(35)48(31-13-4-3-5-14-31)40(47)19-12-20-41-49(38-17-8-10-25-44-38)34-24-22-30(43)28-36(34)50(41)39-18-9-11-26-45-39/h3-28H,2H2,1H3/q+1. The molecule has 4 aromatic heterocycles. The number of benzene rings is 4. The van der Waals surface area contributed by atoms with Crippen LogP contribution in [0.5, 0.6) is 0 Å². The predicted octanol–water partition coefficient (Wildman–Crippen LogP) is 10.5. The van der Waals surface area contributed by atoms with Crippen molar-refractivity contribution in [3.63, 3.8) is 0 Å². The maximum Gasteiger partial charge on any atom is 0.287 e. The molecule has 0 unspecified atom stereocenters. The molecule has 1 aliphatic heterocycles. The second-order valence-corrected chi connectivity index (χ2v) is 13.5. The third-order valence-corrected chi connectivity index (χ3v) is 10.3. The monoisotopic (exact) mass is 700 g/mol. The number of pyridine rings is 2. The van der Waals surface area contributed by atoms with Crippen molar-refractivity contribution in [2.45, 2.75) is 13.5 Å². The number of aromatic nitrogens is 5. The van der Waals surface area contributed by atoms with Gasteiger partial charge in [0.15, 0.2) is 11.0 Å². The predicted molar refractivity (Wildman–Crippen MR) is 209 cm³/mol. The van der Waals surface area contributed by atoms with Gasteiger partial charge < -0.3 is 0 Å². The van der Waals surface area contributed by atoms with E-state index in [1.165, 1.54) is 4.70 Å². The first-order chi connectivity index (χ1) is 25.2. The first-order valence-corrected chi connectivity index (χ1v) is 18.0. The first kappa shape index (κ1) is 30.9. The molecule has 0 radical (unpaired) electrons. The van der Waals surface area contributed by atoms with Gasteiger partial charge in [-0.2, -0.15) is 4.57 Å². The van der Waals surface area contributed by atoms with Gasteiger partial charge in [-0.25, -0.2) is 19.5 Å². The second kappa shape index (κ2) is 13.0. The highest BCUT2D eigenvalue weighted by molar-refractivity contribution is 7.21. The minimum Gasteiger partial charge on any atom is -0.278 e. The summed E-state index contributed by atoms with van der Waals surface area (Å²) in [6, 6.07) is 43.3. The van der Waals surface area contributed by atoms with E-state index in [2.05, 4.69) is 111 Å². The van der Waals surface area contributed by atoms with Gasteiger partial charge in [-0.05, 0) is 97.9 Å². The summed E-state index contributed by atoms with van der Waals surface area (Å²) in [5.41, 5.74) is 7.36. The lowest BCUT2D eigenvalue weighted by molar-refractivity contribution is -0.670. The molecule has 9 rings (SSSR count). The molecule has 0 fully saturated rings. The van der Waals surface area contributed by atoms with Crippen molar-refractivity contribution in [3.8, 4) is 16.3 Å². The van der Waals surface area contributed by atoms with Gasteiger partial charge in [-0.15, -0.1) is 11.3 Å². The highest BCUT2D eigenvalue weighted by atomic mass is 35.5. The van der Waals surface area contributed by atoms with Crippen LogP contribution in [0, 0.1) is 0 Å². The van der Waals surface area contributed by atoms with Crippen LogP contribution >= 0.6 is 22.9 Å². The molecule has 7 nitrogen and oxygen atoms in total. The normalized spacial score (nSPS) is 13.6. The molecular formula is C42H31ClN7S+. The average Bonchev–Trinajstić information content (AvgIpc) is 3.85. The number of anilines is 4. The van der Waals surface area contributed by atoms with Gasteiger partial charge in [0.1, 0.15) is 28.2 Å². The topological polar surface area (TPSA) is 54.0 Å². The molecule has 0 spiro atoms. The molecule has 246 valence electrons. The quantitative estimate of drug-likeness (QED) is 0.155. The third kappa shape index (κ3) is 5.45. The van der Waals surface area contributed by atoms with Gasteiger partial charge in [-0.3, -0.25) is 9.80 Å². The maximum atomic E-state index is 6.60. The molecule has 0 saturated carbocycles. The zero-order chi connectivity index (χ0) is 34.3. The van der Waals surface area contributed by atoms with Crippen LogP contribution in [-0.2, 0) is 6.54 Å². The second-order valence-electron chi connectivity index (χ2n) is 12.0. The smallest absolute Gasteiger partial charge is 0.278 e. The molecule has 1 aliphatic rings. The maximum absolute atomic E-state index is 6.60. The van der Waals surface area contributed by atoms with Crippen molar-refractivity contribution in [3.05, 3.63) is 169 Å². The number of allylic oxidation sites excluding steroid dienone is 2. The van der Waals surface area contributed by atoms with Gasteiger partial charge in [0.05, 0.1) is 28.1 Å². The van der Waals surface area contributed by atoms with E-state index < -0.39 is 0 Å². The molecule has 0 N–H and O–H groups in total. The van der Waals surface area contributed by atoms with Crippen LogP contribution in [0.2, 0.25) is 5.02 Å². The van der Waals surface area contributed by atoms with E-state index in [-0.39, 0.29) is 0 Å². The summed E-state index contributed by atoms with van der Waals surface area (Å²) in [5, 5.41) is 1.66. The molecule has 9 heteroatoms. The van der Waals surface area contributed by atoms with Crippen LogP contribution in [0.4, 0.5) is 23.0 Å². The number of fused-ring (bicyclic) bond motifs is 3. The molecule has 0 bridgehead atoms. The lowest BCUT2D eigenvalue weighted by Crippen LogP contribution is -2.35. The minimum absolute atomic E-state index is 0.647. The average molecular weight is 701 g/mol. The number of hydrogen-bond acceptors (Lipinski definition) is 6. The van der Waals surface area contributed by atoms with Crippen molar-refractivity contribution >= 4 is 73.3 Å². The van der Waals surface area contributed by atoms with E-state index in [0.29, 0.717) is 5.02 Å². The Kier molecular flexibility index (Phi) is 7.87. The fourth-order valence-electron chi connectivity index (χ4n) is 6.80. The molecule has 8 aromatic rings. The molecule has 0 aliphatic carbocycles. The Labute approximate surface area is 304 Å². The van der Waals surface area contributed by atoms with E-state index in [1.807, 2.05) is 73.1 Å². The summed E-state index contributed by atoms with van der Waals surface area (Å²) >= 11 is 8.32. The van der Waals surface area contributed by atoms with Gasteiger partial charge in [0.25, 0.3) is 5.82 Å². The summed E-state index contributed by atoms with van der Waals surface area (Å²) in [6.45, 7) is 2.97. The van der Waals surface area contributed by atoms with Crippen molar-refractivity contribution in [1.82, 2.24) is 19.5 Å². The fourth-order valence-corrected chi connectivity index (χ4v) is 7.93. The number of para-hydroxylation sites is 2. The van der Waals surface area contributed by atoms with Gasteiger partial charge >= 0.3 is 0 Å². The SMILES string of the molecule is CC[n+]1c(/C=C/C=C2\N(c3ccccn3)c3ccc(Cl)cc3N2c2ccccn2)n(-c2ccccc2)c2ccc(-c3nc4ccccc4s3)cc21. The van der Waals surface area contributed by atoms with E-state index in [0.717, 1.165) is 74.0 Å². The third-order valence-electron chi connectivity index (χ3n) is 9.01. The zero-order valence-electron chi connectivity index (χ0n) is 27.6. The minimum atomic E-state index is 0.647. The van der Waals surface area contributed by atoms with E-state index in [1.54, 1.807) is 11.3 Å². The van der Waals surface area contributed by atoms with Crippen LogP contribution in [0.15, 0.2) is 158 Å². The summed E-state index contributed by atoms with van der Waals surface area (Å²) in [6.07, 6.45) is 10.0. The van der Waals surface area contributed by atoms with Crippen LogP contribution in [-0.4, -0.2) is 19.5 Å². The molecule has 0 amide bonds. The van der Waals surface area contributed by atoms with Crippen molar-refractivity contribution < 1.29 is 4.57 Å². The van der Waals surface area contributed by atoms with Crippen molar-refractivity contribution in [2.75, 3.05) is 9.80 Å². The Morgan fingerprint density at radius 1 is 0.745 bits per heavy atom. The number of halogens is 1. The summed E-state index contributed by atoms with van der Waals surface area (Å²) in [5.74, 6) is 3.50. The van der Waals surface area contributed by atoms with Crippen LogP contribution in [0.25, 0.3) is 43.6 Å². The Balaban J connectivity index is 1.22. The molecule has 0 saturated heterocycles. The Morgan fingerprint density at radius 3 is 2.20 bits per heavy atom. The van der Waals surface area contributed by atoms with Crippen LogP contribution < -0.4 is 14.4 Å². The molecule has 0 atom stereocenters. The number of rotatable bonds is 7. The van der Waals surface area contributed by atoms with E-state index in [9.17, 15) is 0 Å². The van der Waals surface area contributed by atoms with Crippen LogP contribution in [0.1, 0.15) is 12.7 Å². The molecule has 4 aromatic carbocycles. The summed E-state index contributed by atoms with van der Waals surface area (Å²) < 4.78 is 5.88. The van der Waals surface area contributed by atoms with Crippen molar-refractivity contribution in [2.24, 2.45) is 0 Å². The van der Waals surface area contributed by atoms with Gasteiger partial charge in [0, 0.05) is 29.1 Å². The van der Waals surface area contributed by atoms with Crippen molar-refractivity contribution in [1.29, 1.82) is 0 Å². The van der Waals surface area contributed by atoms with E-state index in [4.69, 9.17) is 26.6 Å². The Bertz CT molecular complexity index is 2560. The Hall–Kier alpha value is -6.09.